The van der Waals surface area contributed by atoms with Crippen molar-refractivity contribution in [3.63, 3.8) is 0 Å². The van der Waals surface area contributed by atoms with E-state index < -0.39 is 12.2 Å². The molecule has 2 N–H and O–H groups in total. The van der Waals surface area contributed by atoms with Crippen molar-refractivity contribution < 1.29 is 10.2 Å². The molecular weight excluding hydrogens is 204 g/mol. The Balaban J connectivity index is 1.98. The molecule has 0 amide bonds. The van der Waals surface area contributed by atoms with Gasteiger partial charge in [-0.1, -0.05) is 6.92 Å². The summed E-state index contributed by atoms with van der Waals surface area (Å²) in [5, 5.41) is 24.0. The first-order valence-corrected chi connectivity index (χ1v) is 5.99. The molecule has 1 fully saturated rings. The molecule has 1 aromatic rings. The van der Waals surface area contributed by atoms with Gasteiger partial charge in [-0.05, 0) is 31.2 Å². The summed E-state index contributed by atoms with van der Waals surface area (Å²) < 4.78 is 1.79. The number of aliphatic hydroxyl groups excluding tert-OH is 2. The molecule has 0 bridgehead atoms. The van der Waals surface area contributed by atoms with E-state index in [0.29, 0.717) is 12.3 Å². The average Bonchev–Trinajstić information content (AvgIpc) is 3.04. The number of hydrogen-bond acceptors (Lipinski definition) is 3. The summed E-state index contributed by atoms with van der Waals surface area (Å²) in [6.45, 7) is 2.06. The first-order valence-electron chi connectivity index (χ1n) is 5.99. The first-order chi connectivity index (χ1) is 7.61. The van der Waals surface area contributed by atoms with Crippen LogP contribution >= 0.6 is 0 Å². The lowest BCUT2D eigenvalue weighted by Crippen LogP contribution is -2.30. The SMILES string of the molecule is CCc1cc(CC(O)C(O)C2CC2)n(C)n1. The molecule has 16 heavy (non-hydrogen) atoms. The van der Waals surface area contributed by atoms with Crippen LogP contribution in [0.25, 0.3) is 0 Å². The van der Waals surface area contributed by atoms with Gasteiger partial charge in [-0.25, -0.2) is 0 Å². The third-order valence-corrected chi connectivity index (χ3v) is 3.31. The van der Waals surface area contributed by atoms with Gasteiger partial charge in [0.25, 0.3) is 0 Å². The van der Waals surface area contributed by atoms with Crippen LogP contribution in [0.2, 0.25) is 0 Å². The highest BCUT2D eigenvalue weighted by molar-refractivity contribution is 5.11. The minimum Gasteiger partial charge on any atom is -0.390 e. The number of rotatable bonds is 5. The number of aryl methyl sites for hydroxylation is 2. The van der Waals surface area contributed by atoms with E-state index in [1.165, 1.54) is 0 Å². The second-order valence-electron chi connectivity index (χ2n) is 4.70. The predicted octanol–water partition coefficient (Wildman–Crippen LogP) is 0.657. The Labute approximate surface area is 95.9 Å². The third kappa shape index (κ3) is 2.44. The second-order valence-corrected chi connectivity index (χ2v) is 4.70. The van der Waals surface area contributed by atoms with Crippen molar-refractivity contribution in [3.8, 4) is 0 Å². The van der Waals surface area contributed by atoms with Crippen molar-refractivity contribution in [3.05, 3.63) is 17.5 Å². The maximum Gasteiger partial charge on any atom is 0.0856 e. The first kappa shape index (κ1) is 11.6. The quantitative estimate of drug-likeness (QED) is 0.772. The van der Waals surface area contributed by atoms with E-state index in [9.17, 15) is 10.2 Å². The van der Waals surface area contributed by atoms with Gasteiger partial charge in [-0.15, -0.1) is 0 Å². The molecule has 1 aromatic heterocycles. The van der Waals surface area contributed by atoms with Crippen molar-refractivity contribution >= 4 is 0 Å². The van der Waals surface area contributed by atoms with E-state index in [0.717, 1.165) is 30.7 Å². The van der Waals surface area contributed by atoms with Crippen LogP contribution in [-0.2, 0) is 19.9 Å². The lowest BCUT2D eigenvalue weighted by atomic mass is 10.0. The zero-order valence-corrected chi connectivity index (χ0v) is 9.93. The van der Waals surface area contributed by atoms with Crippen molar-refractivity contribution in [1.29, 1.82) is 0 Å². The maximum atomic E-state index is 9.90. The molecule has 1 aliphatic carbocycles. The highest BCUT2D eigenvalue weighted by Crippen LogP contribution is 2.34. The van der Waals surface area contributed by atoms with Crippen LogP contribution in [-0.4, -0.2) is 32.2 Å². The van der Waals surface area contributed by atoms with Gasteiger partial charge in [0.1, 0.15) is 0 Å². The topological polar surface area (TPSA) is 58.3 Å². The van der Waals surface area contributed by atoms with Crippen LogP contribution in [0.1, 0.15) is 31.2 Å². The smallest absolute Gasteiger partial charge is 0.0856 e. The Morgan fingerprint density at radius 2 is 2.19 bits per heavy atom. The summed E-state index contributed by atoms with van der Waals surface area (Å²) in [7, 11) is 1.88. The van der Waals surface area contributed by atoms with Gasteiger partial charge in [0.05, 0.1) is 17.9 Å². The molecule has 2 atom stereocenters. The Hall–Kier alpha value is -0.870. The maximum absolute atomic E-state index is 9.90. The lowest BCUT2D eigenvalue weighted by molar-refractivity contribution is 0.00578. The van der Waals surface area contributed by atoms with Crippen molar-refractivity contribution in [2.75, 3.05) is 0 Å². The summed E-state index contributed by atoms with van der Waals surface area (Å²) in [6.07, 6.45) is 2.25. The van der Waals surface area contributed by atoms with Crippen molar-refractivity contribution in [2.45, 2.75) is 44.8 Å². The van der Waals surface area contributed by atoms with Gasteiger partial charge in [-0.2, -0.15) is 5.10 Å². The van der Waals surface area contributed by atoms with Crippen LogP contribution in [0.15, 0.2) is 6.07 Å². The fourth-order valence-electron chi connectivity index (χ4n) is 2.02. The van der Waals surface area contributed by atoms with Crippen LogP contribution in [0.4, 0.5) is 0 Å². The van der Waals surface area contributed by atoms with Gasteiger partial charge < -0.3 is 10.2 Å². The van der Waals surface area contributed by atoms with Gasteiger partial charge >= 0.3 is 0 Å². The molecule has 0 radical (unpaired) electrons. The number of hydrogen-bond donors (Lipinski definition) is 2. The summed E-state index contributed by atoms with van der Waals surface area (Å²) in [5.74, 6) is 0.314. The fraction of sp³-hybridized carbons (Fsp3) is 0.750. The molecule has 0 saturated heterocycles. The minimum atomic E-state index is -0.660. The normalized spacial score (nSPS) is 19.8. The lowest BCUT2D eigenvalue weighted by Gasteiger charge is -2.16. The fourth-order valence-corrected chi connectivity index (χ4v) is 2.02. The molecule has 0 aliphatic heterocycles. The highest BCUT2D eigenvalue weighted by atomic mass is 16.3. The Morgan fingerprint density at radius 3 is 2.69 bits per heavy atom. The number of nitrogens with zero attached hydrogens (tertiary/aromatic N) is 2. The second kappa shape index (κ2) is 4.55. The van der Waals surface area contributed by atoms with E-state index in [1.54, 1.807) is 4.68 Å². The molecule has 0 spiro atoms. The molecule has 4 heteroatoms. The van der Waals surface area contributed by atoms with E-state index in [-0.39, 0.29) is 0 Å². The largest absolute Gasteiger partial charge is 0.390 e. The molecule has 0 aromatic carbocycles. The van der Waals surface area contributed by atoms with Gasteiger partial charge in [-0.3, -0.25) is 4.68 Å². The Kier molecular flexibility index (Phi) is 3.30. The Morgan fingerprint density at radius 1 is 1.50 bits per heavy atom. The van der Waals surface area contributed by atoms with Crippen LogP contribution in [0.5, 0.6) is 0 Å². The molecule has 1 aliphatic rings. The molecule has 2 unspecified atom stereocenters. The van der Waals surface area contributed by atoms with E-state index in [4.69, 9.17) is 0 Å². The summed E-state index contributed by atoms with van der Waals surface area (Å²) in [4.78, 5) is 0. The number of aromatic nitrogens is 2. The van der Waals surface area contributed by atoms with Crippen LogP contribution in [0, 0.1) is 5.92 Å². The predicted molar refractivity (Wildman–Crippen MR) is 61.0 cm³/mol. The average molecular weight is 224 g/mol. The minimum absolute atomic E-state index is 0.314. The van der Waals surface area contributed by atoms with Crippen molar-refractivity contribution in [1.82, 2.24) is 9.78 Å². The van der Waals surface area contributed by atoms with E-state index in [2.05, 4.69) is 12.0 Å². The van der Waals surface area contributed by atoms with E-state index >= 15 is 0 Å². The van der Waals surface area contributed by atoms with Crippen LogP contribution < -0.4 is 0 Å². The summed E-state index contributed by atoms with van der Waals surface area (Å²) in [5.41, 5.74) is 2.02. The standard InChI is InChI=1S/C12H20N2O2/c1-3-9-6-10(14(2)13-9)7-11(15)12(16)8-4-5-8/h6,8,11-12,15-16H,3-5,7H2,1-2H3. The van der Waals surface area contributed by atoms with E-state index in [1.807, 2.05) is 13.1 Å². The molecule has 2 rings (SSSR count). The monoisotopic (exact) mass is 224 g/mol. The molecule has 4 nitrogen and oxygen atoms in total. The van der Waals surface area contributed by atoms with Gasteiger partial charge in [0, 0.05) is 19.2 Å². The summed E-state index contributed by atoms with van der Waals surface area (Å²) >= 11 is 0. The summed E-state index contributed by atoms with van der Waals surface area (Å²) in [6, 6.07) is 2.00. The highest BCUT2D eigenvalue weighted by Gasteiger charge is 2.34. The molecule has 90 valence electrons. The van der Waals surface area contributed by atoms with Crippen molar-refractivity contribution in [2.24, 2.45) is 13.0 Å². The van der Waals surface area contributed by atoms with Crippen LogP contribution in [0.3, 0.4) is 0 Å². The zero-order valence-electron chi connectivity index (χ0n) is 9.93. The molecule has 1 heterocycles. The number of aliphatic hydroxyl groups is 2. The molecular formula is C12H20N2O2. The van der Waals surface area contributed by atoms with Gasteiger partial charge in [0.15, 0.2) is 0 Å². The van der Waals surface area contributed by atoms with Gasteiger partial charge in [0.2, 0.25) is 0 Å². The Bertz CT molecular complexity index is 358. The molecule has 1 saturated carbocycles. The zero-order chi connectivity index (χ0) is 11.7. The third-order valence-electron chi connectivity index (χ3n) is 3.31.